The fourth-order valence-electron chi connectivity index (χ4n) is 2.25. The second-order valence-electron chi connectivity index (χ2n) is 6.02. The van der Waals surface area contributed by atoms with E-state index in [0.29, 0.717) is 36.8 Å². The third kappa shape index (κ3) is 5.91. The molecule has 0 saturated carbocycles. The zero-order valence-corrected chi connectivity index (χ0v) is 12.7. The first kappa shape index (κ1) is 16.4. The van der Waals surface area contributed by atoms with E-state index in [9.17, 15) is 4.79 Å². The Bertz CT molecular complexity index is 261. The molecule has 1 amide bonds. The molecule has 0 spiro atoms. The molecule has 0 aromatic rings. The summed E-state index contributed by atoms with van der Waals surface area (Å²) in [5, 5.41) is 0. The Labute approximate surface area is 117 Å². The number of amides is 1. The molecular weight excluding hydrogens is 240 g/mol. The molecule has 1 aliphatic rings. The topological polar surface area (TPSA) is 55.6 Å². The van der Waals surface area contributed by atoms with Crippen LogP contribution in [0.5, 0.6) is 0 Å². The van der Waals surface area contributed by atoms with E-state index in [1.54, 1.807) is 0 Å². The van der Waals surface area contributed by atoms with Crippen molar-refractivity contribution in [3.05, 3.63) is 0 Å². The molecule has 1 fully saturated rings. The molecule has 2 N–H and O–H groups in total. The van der Waals surface area contributed by atoms with Crippen molar-refractivity contribution < 1.29 is 9.53 Å². The minimum absolute atomic E-state index is 0.307. The number of nitrogens with zero attached hydrogens (tertiary/aromatic N) is 1. The van der Waals surface area contributed by atoms with Gasteiger partial charge in [-0.3, -0.25) is 4.79 Å². The van der Waals surface area contributed by atoms with Crippen LogP contribution in [-0.4, -0.2) is 43.2 Å². The van der Waals surface area contributed by atoms with E-state index in [4.69, 9.17) is 10.5 Å². The highest BCUT2D eigenvalue weighted by molar-refractivity contribution is 5.76. The van der Waals surface area contributed by atoms with Crippen LogP contribution in [0.3, 0.4) is 0 Å². The fourth-order valence-corrected chi connectivity index (χ4v) is 2.25. The molecule has 0 radical (unpaired) electrons. The second-order valence-corrected chi connectivity index (χ2v) is 6.02. The number of hydrogen-bond donors (Lipinski definition) is 1. The Morgan fingerprint density at radius 1 is 1.32 bits per heavy atom. The van der Waals surface area contributed by atoms with Gasteiger partial charge in [-0.15, -0.1) is 0 Å². The minimum atomic E-state index is 0.307. The van der Waals surface area contributed by atoms with Gasteiger partial charge >= 0.3 is 0 Å². The van der Waals surface area contributed by atoms with Gasteiger partial charge in [-0.1, -0.05) is 20.8 Å². The van der Waals surface area contributed by atoms with Crippen LogP contribution in [0.1, 0.15) is 46.5 Å². The Morgan fingerprint density at radius 3 is 2.47 bits per heavy atom. The molecule has 1 aliphatic heterocycles. The Morgan fingerprint density at radius 2 is 1.95 bits per heavy atom. The summed E-state index contributed by atoms with van der Waals surface area (Å²) in [6, 6.07) is 0. The maximum absolute atomic E-state index is 12.1. The normalized spacial score (nSPS) is 18.9. The van der Waals surface area contributed by atoms with Gasteiger partial charge in [-0.25, -0.2) is 0 Å². The van der Waals surface area contributed by atoms with Gasteiger partial charge in [0.15, 0.2) is 0 Å². The molecule has 4 nitrogen and oxygen atoms in total. The molecule has 4 heteroatoms. The number of carbonyl (C=O) groups is 1. The number of hydrogen-bond acceptors (Lipinski definition) is 3. The standard InChI is InChI=1S/C15H30N2O2/c1-12(2)13(3)11-15(18)17-8-5-14(6-9-17)19-10-4-7-16/h12-14H,4-11,16H2,1-3H3. The minimum Gasteiger partial charge on any atom is -0.378 e. The van der Waals surface area contributed by atoms with E-state index in [1.807, 2.05) is 4.90 Å². The van der Waals surface area contributed by atoms with Crippen molar-refractivity contribution in [2.75, 3.05) is 26.2 Å². The number of rotatable bonds is 7. The average Bonchev–Trinajstić information content (AvgIpc) is 2.39. The predicted molar refractivity (Wildman–Crippen MR) is 77.8 cm³/mol. The van der Waals surface area contributed by atoms with Gasteiger partial charge in [0.25, 0.3) is 0 Å². The molecule has 1 heterocycles. The molecule has 0 bridgehead atoms. The Kier molecular flexibility index (Phi) is 7.39. The van der Waals surface area contributed by atoms with E-state index in [2.05, 4.69) is 20.8 Å². The molecule has 0 aromatic heterocycles. The molecule has 0 aromatic carbocycles. The highest BCUT2D eigenvalue weighted by atomic mass is 16.5. The van der Waals surface area contributed by atoms with Crippen molar-refractivity contribution in [1.82, 2.24) is 4.90 Å². The van der Waals surface area contributed by atoms with Crippen LogP contribution >= 0.6 is 0 Å². The molecule has 1 atom stereocenters. The quantitative estimate of drug-likeness (QED) is 0.720. The van der Waals surface area contributed by atoms with Crippen molar-refractivity contribution in [2.45, 2.75) is 52.6 Å². The maximum Gasteiger partial charge on any atom is 0.222 e. The zero-order valence-electron chi connectivity index (χ0n) is 12.7. The van der Waals surface area contributed by atoms with Crippen LogP contribution in [0.4, 0.5) is 0 Å². The summed E-state index contributed by atoms with van der Waals surface area (Å²) in [6.07, 6.45) is 3.85. The predicted octanol–water partition coefficient (Wildman–Crippen LogP) is 2.02. The molecule has 1 unspecified atom stereocenters. The summed E-state index contributed by atoms with van der Waals surface area (Å²) in [6.45, 7) is 9.63. The number of piperidine rings is 1. The van der Waals surface area contributed by atoms with Crippen LogP contribution in [0.25, 0.3) is 0 Å². The van der Waals surface area contributed by atoms with Gasteiger partial charge in [-0.05, 0) is 37.6 Å². The summed E-state index contributed by atoms with van der Waals surface area (Å²) in [5.74, 6) is 1.34. The van der Waals surface area contributed by atoms with E-state index < -0.39 is 0 Å². The second kappa shape index (κ2) is 8.54. The van der Waals surface area contributed by atoms with Gasteiger partial charge in [0.05, 0.1) is 6.10 Å². The number of carbonyl (C=O) groups excluding carboxylic acids is 1. The molecule has 19 heavy (non-hydrogen) atoms. The number of nitrogens with two attached hydrogens (primary N) is 1. The van der Waals surface area contributed by atoms with Crippen molar-refractivity contribution in [3.63, 3.8) is 0 Å². The lowest BCUT2D eigenvalue weighted by atomic mass is 9.93. The molecule has 0 aliphatic carbocycles. The lowest BCUT2D eigenvalue weighted by molar-refractivity contribution is -0.135. The van der Waals surface area contributed by atoms with Gasteiger partial charge in [0.1, 0.15) is 0 Å². The van der Waals surface area contributed by atoms with E-state index >= 15 is 0 Å². The van der Waals surface area contributed by atoms with Crippen molar-refractivity contribution in [2.24, 2.45) is 17.6 Å². The SMILES string of the molecule is CC(C)C(C)CC(=O)N1CCC(OCCCN)CC1. The van der Waals surface area contributed by atoms with E-state index in [-0.39, 0.29) is 0 Å². The van der Waals surface area contributed by atoms with Gasteiger partial charge < -0.3 is 15.4 Å². The first-order valence-electron chi connectivity index (χ1n) is 7.64. The monoisotopic (exact) mass is 270 g/mol. The Balaban J connectivity index is 2.23. The smallest absolute Gasteiger partial charge is 0.222 e. The van der Waals surface area contributed by atoms with Crippen LogP contribution in [0.15, 0.2) is 0 Å². The van der Waals surface area contributed by atoms with E-state index in [1.165, 1.54) is 0 Å². The van der Waals surface area contributed by atoms with Crippen LogP contribution in [0.2, 0.25) is 0 Å². The lowest BCUT2D eigenvalue weighted by Gasteiger charge is -2.33. The summed E-state index contributed by atoms with van der Waals surface area (Å²) in [7, 11) is 0. The summed E-state index contributed by atoms with van der Waals surface area (Å²) in [4.78, 5) is 14.2. The van der Waals surface area contributed by atoms with Crippen LogP contribution in [-0.2, 0) is 9.53 Å². The van der Waals surface area contributed by atoms with Gasteiger partial charge in [-0.2, -0.15) is 0 Å². The van der Waals surface area contributed by atoms with Crippen LogP contribution in [0, 0.1) is 11.8 Å². The lowest BCUT2D eigenvalue weighted by Crippen LogP contribution is -2.41. The maximum atomic E-state index is 12.1. The third-order valence-electron chi connectivity index (χ3n) is 4.13. The average molecular weight is 270 g/mol. The zero-order chi connectivity index (χ0) is 14.3. The Hall–Kier alpha value is -0.610. The van der Waals surface area contributed by atoms with Gasteiger partial charge in [0, 0.05) is 26.1 Å². The van der Waals surface area contributed by atoms with Crippen LogP contribution < -0.4 is 5.73 Å². The largest absolute Gasteiger partial charge is 0.378 e. The van der Waals surface area contributed by atoms with E-state index in [0.717, 1.165) is 39.0 Å². The fraction of sp³-hybridized carbons (Fsp3) is 0.933. The highest BCUT2D eigenvalue weighted by Gasteiger charge is 2.24. The molecular formula is C15H30N2O2. The van der Waals surface area contributed by atoms with Crippen molar-refractivity contribution in [1.29, 1.82) is 0 Å². The number of likely N-dealkylation sites (tertiary alicyclic amines) is 1. The van der Waals surface area contributed by atoms with Crippen molar-refractivity contribution >= 4 is 5.91 Å². The highest BCUT2D eigenvalue weighted by Crippen LogP contribution is 2.19. The molecule has 1 saturated heterocycles. The summed E-state index contributed by atoms with van der Waals surface area (Å²) < 4.78 is 5.75. The van der Waals surface area contributed by atoms with Crippen molar-refractivity contribution in [3.8, 4) is 0 Å². The summed E-state index contributed by atoms with van der Waals surface area (Å²) in [5.41, 5.74) is 5.44. The third-order valence-corrected chi connectivity index (χ3v) is 4.13. The molecule has 1 rings (SSSR count). The molecule has 112 valence electrons. The first-order chi connectivity index (χ1) is 9.04. The first-order valence-corrected chi connectivity index (χ1v) is 7.64. The van der Waals surface area contributed by atoms with Gasteiger partial charge in [0.2, 0.25) is 5.91 Å². The summed E-state index contributed by atoms with van der Waals surface area (Å²) >= 11 is 0. The number of ether oxygens (including phenoxy) is 1.